The number of anilines is 1. The fourth-order valence-electron chi connectivity index (χ4n) is 1.63. The highest BCUT2D eigenvalue weighted by Crippen LogP contribution is 2.19. The average Bonchev–Trinajstić information content (AvgIpc) is 2.27. The predicted molar refractivity (Wildman–Crippen MR) is 69.9 cm³/mol. The number of hydrogen-bond acceptors (Lipinski definition) is 2. The summed E-state index contributed by atoms with van der Waals surface area (Å²) in [6.45, 7) is 5.31. The van der Waals surface area contributed by atoms with Gasteiger partial charge in [0.05, 0.1) is 0 Å². The molecule has 1 rings (SSSR count). The van der Waals surface area contributed by atoms with Gasteiger partial charge in [-0.1, -0.05) is 17.7 Å². The van der Waals surface area contributed by atoms with Crippen LogP contribution in [0.1, 0.15) is 18.1 Å². The molecular formula is C13H18N2O3. The molecular weight excluding hydrogens is 232 g/mol. The van der Waals surface area contributed by atoms with Gasteiger partial charge in [0, 0.05) is 12.7 Å². The fourth-order valence-corrected chi connectivity index (χ4v) is 1.63. The van der Waals surface area contributed by atoms with Crippen LogP contribution in [0.4, 0.5) is 10.5 Å². The third-order valence-corrected chi connectivity index (χ3v) is 2.73. The Kier molecular flexibility index (Phi) is 4.31. The van der Waals surface area contributed by atoms with E-state index in [1.165, 1.54) is 11.8 Å². The smallest absolute Gasteiger partial charge is 0.325 e. The van der Waals surface area contributed by atoms with Gasteiger partial charge in [-0.05, 0) is 32.4 Å². The molecule has 0 aliphatic heterocycles. The first kappa shape index (κ1) is 14.0. The highest BCUT2D eigenvalue weighted by Gasteiger charge is 2.18. The van der Waals surface area contributed by atoms with Gasteiger partial charge >= 0.3 is 12.0 Å². The fraction of sp³-hybridized carbons (Fsp3) is 0.385. The van der Waals surface area contributed by atoms with Crippen molar-refractivity contribution in [2.75, 3.05) is 11.9 Å². The van der Waals surface area contributed by atoms with Gasteiger partial charge in [-0.2, -0.15) is 0 Å². The van der Waals surface area contributed by atoms with Crippen LogP contribution in [0, 0.1) is 13.8 Å². The molecule has 0 bridgehead atoms. The van der Waals surface area contributed by atoms with E-state index in [1.807, 2.05) is 32.0 Å². The number of carbonyl (C=O) groups is 2. The number of aryl methyl sites for hydroxylation is 2. The van der Waals surface area contributed by atoms with Gasteiger partial charge in [0.1, 0.15) is 6.04 Å². The summed E-state index contributed by atoms with van der Waals surface area (Å²) < 4.78 is 0. The molecule has 1 aromatic rings. The first-order chi connectivity index (χ1) is 8.32. The summed E-state index contributed by atoms with van der Waals surface area (Å²) in [5.74, 6) is -1.06. The lowest BCUT2D eigenvalue weighted by atomic mass is 10.1. The maximum Gasteiger partial charge on any atom is 0.325 e. The van der Waals surface area contributed by atoms with E-state index < -0.39 is 18.0 Å². The maximum atomic E-state index is 11.8. The van der Waals surface area contributed by atoms with Crippen molar-refractivity contribution in [3.63, 3.8) is 0 Å². The molecule has 0 unspecified atom stereocenters. The van der Waals surface area contributed by atoms with Gasteiger partial charge in [0.2, 0.25) is 0 Å². The summed E-state index contributed by atoms with van der Waals surface area (Å²) >= 11 is 0. The molecule has 2 N–H and O–H groups in total. The van der Waals surface area contributed by atoms with Crippen molar-refractivity contribution in [3.05, 3.63) is 29.3 Å². The molecule has 0 saturated carbocycles. The van der Waals surface area contributed by atoms with Gasteiger partial charge in [0.15, 0.2) is 0 Å². The zero-order valence-electron chi connectivity index (χ0n) is 11.0. The van der Waals surface area contributed by atoms with E-state index in [9.17, 15) is 9.59 Å². The van der Waals surface area contributed by atoms with E-state index in [0.717, 1.165) is 16.8 Å². The zero-order chi connectivity index (χ0) is 13.9. The third-order valence-electron chi connectivity index (χ3n) is 2.73. The number of aliphatic carboxylic acids is 1. The topological polar surface area (TPSA) is 69.6 Å². The van der Waals surface area contributed by atoms with E-state index >= 15 is 0 Å². The molecule has 5 nitrogen and oxygen atoms in total. The number of nitrogens with one attached hydrogen (secondary N) is 1. The lowest BCUT2D eigenvalue weighted by molar-refractivity contribution is -0.138. The Morgan fingerprint density at radius 3 is 2.44 bits per heavy atom. The molecule has 1 aromatic carbocycles. The van der Waals surface area contributed by atoms with Crippen molar-refractivity contribution in [1.29, 1.82) is 0 Å². The maximum absolute atomic E-state index is 11.8. The molecule has 2 amide bonds. The van der Waals surface area contributed by atoms with E-state index in [4.69, 9.17) is 5.11 Å². The second-order valence-corrected chi connectivity index (χ2v) is 4.36. The molecule has 1 atom stereocenters. The lowest BCUT2D eigenvalue weighted by Crippen LogP contribution is -2.45. The SMILES string of the molecule is Cc1ccc(N(C)C(=O)N[C@H](C)C(=O)O)c(C)c1. The zero-order valence-corrected chi connectivity index (χ0v) is 11.0. The third kappa shape index (κ3) is 3.23. The molecule has 0 aliphatic carbocycles. The van der Waals surface area contributed by atoms with Gasteiger partial charge < -0.3 is 10.4 Å². The van der Waals surface area contributed by atoms with Crippen LogP contribution in [0.3, 0.4) is 0 Å². The van der Waals surface area contributed by atoms with Crippen LogP contribution in [0.5, 0.6) is 0 Å². The molecule has 0 heterocycles. The summed E-state index contributed by atoms with van der Waals surface area (Å²) in [5.41, 5.74) is 2.84. The predicted octanol–water partition coefficient (Wildman–Crippen LogP) is 1.92. The molecule has 0 radical (unpaired) electrons. The van der Waals surface area contributed by atoms with Gasteiger partial charge in [-0.15, -0.1) is 0 Å². The Morgan fingerprint density at radius 1 is 1.33 bits per heavy atom. The van der Waals surface area contributed by atoms with Crippen LogP contribution in [0.25, 0.3) is 0 Å². The van der Waals surface area contributed by atoms with E-state index in [2.05, 4.69) is 5.32 Å². The van der Waals surface area contributed by atoms with Gasteiger partial charge in [0.25, 0.3) is 0 Å². The number of benzene rings is 1. The number of carboxylic acids is 1. The highest BCUT2D eigenvalue weighted by molar-refractivity contribution is 5.94. The van der Waals surface area contributed by atoms with Crippen molar-refractivity contribution in [3.8, 4) is 0 Å². The van der Waals surface area contributed by atoms with E-state index in [-0.39, 0.29) is 0 Å². The van der Waals surface area contributed by atoms with Crippen LogP contribution in [-0.4, -0.2) is 30.2 Å². The number of carboxylic acid groups (broad SMARTS) is 1. The Hall–Kier alpha value is -2.04. The van der Waals surface area contributed by atoms with Crippen LogP contribution in [-0.2, 0) is 4.79 Å². The Balaban J connectivity index is 2.83. The number of nitrogens with zero attached hydrogens (tertiary/aromatic N) is 1. The Bertz CT molecular complexity index is 471. The summed E-state index contributed by atoms with van der Waals surface area (Å²) in [7, 11) is 1.61. The number of rotatable bonds is 3. The van der Waals surface area contributed by atoms with Gasteiger partial charge in [-0.3, -0.25) is 9.69 Å². The monoisotopic (exact) mass is 250 g/mol. The lowest BCUT2D eigenvalue weighted by Gasteiger charge is -2.21. The summed E-state index contributed by atoms with van der Waals surface area (Å²) in [6, 6.07) is 4.38. The van der Waals surface area contributed by atoms with Crippen molar-refractivity contribution >= 4 is 17.7 Å². The molecule has 18 heavy (non-hydrogen) atoms. The number of hydrogen-bond donors (Lipinski definition) is 2. The van der Waals surface area contributed by atoms with Crippen LogP contribution >= 0.6 is 0 Å². The second kappa shape index (κ2) is 5.53. The van der Waals surface area contributed by atoms with Gasteiger partial charge in [-0.25, -0.2) is 4.79 Å². The van der Waals surface area contributed by atoms with Crippen LogP contribution in [0.15, 0.2) is 18.2 Å². The highest BCUT2D eigenvalue weighted by atomic mass is 16.4. The first-order valence-electron chi connectivity index (χ1n) is 5.67. The first-order valence-corrected chi connectivity index (χ1v) is 5.67. The van der Waals surface area contributed by atoms with Crippen LogP contribution < -0.4 is 10.2 Å². The van der Waals surface area contributed by atoms with E-state index in [1.54, 1.807) is 7.05 Å². The molecule has 0 fully saturated rings. The Labute approximate surface area is 106 Å². The summed E-state index contributed by atoms with van der Waals surface area (Å²) in [6.07, 6.45) is 0. The molecule has 0 aromatic heterocycles. The molecule has 0 saturated heterocycles. The quantitative estimate of drug-likeness (QED) is 0.861. The number of urea groups is 1. The van der Waals surface area contributed by atoms with Crippen molar-refractivity contribution < 1.29 is 14.7 Å². The molecule has 0 aliphatic rings. The minimum absolute atomic E-state index is 0.433. The Morgan fingerprint density at radius 2 is 1.94 bits per heavy atom. The number of carbonyl (C=O) groups excluding carboxylic acids is 1. The standard InChI is InChI=1S/C13H18N2O3/c1-8-5-6-11(9(2)7-8)15(4)13(18)14-10(3)12(16)17/h5-7,10H,1-4H3,(H,14,18)(H,16,17)/t10-/m1/s1. The normalized spacial score (nSPS) is 11.8. The van der Waals surface area contributed by atoms with Crippen molar-refractivity contribution in [2.24, 2.45) is 0 Å². The average molecular weight is 250 g/mol. The minimum atomic E-state index is -1.06. The summed E-state index contributed by atoms with van der Waals surface area (Å²) in [5, 5.41) is 11.1. The summed E-state index contributed by atoms with van der Waals surface area (Å²) in [4.78, 5) is 23.9. The van der Waals surface area contributed by atoms with E-state index in [0.29, 0.717) is 0 Å². The largest absolute Gasteiger partial charge is 0.480 e. The molecule has 98 valence electrons. The number of amides is 2. The minimum Gasteiger partial charge on any atom is -0.480 e. The second-order valence-electron chi connectivity index (χ2n) is 4.36. The van der Waals surface area contributed by atoms with Crippen molar-refractivity contribution in [1.82, 2.24) is 5.32 Å². The van der Waals surface area contributed by atoms with Crippen LogP contribution in [0.2, 0.25) is 0 Å². The molecule has 0 spiro atoms. The molecule has 5 heteroatoms. The van der Waals surface area contributed by atoms with Crippen molar-refractivity contribution in [2.45, 2.75) is 26.8 Å².